The summed E-state index contributed by atoms with van der Waals surface area (Å²) in [6, 6.07) is -0.0979. The zero-order valence-corrected chi connectivity index (χ0v) is 14.5. The maximum absolute atomic E-state index is 10.2. The van der Waals surface area contributed by atoms with Crippen molar-refractivity contribution < 1.29 is 25.2 Å². The highest BCUT2D eigenvalue weighted by Gasteiger charge is 2.44. The van der Waals surface area contributed by atoms with Crippen molar-refractivity contribution >= 4 is 17.0 Å². The van der Waals surface area contributed by atoms with E-state index in [2.05, 4.69) is 20.3 Å². The predicted octanol–water partition coefficient (Wildman–Crippen LogP) is -0.823. The molecule has 0 aliphatic carbocycles. The third kappa shape index (κ3) is 3.41. The molecule has 0 aromatic carbocycles. The van der Waals surface area contributed by atoms with Crippen molar-refractivity contribution in [3.8, 4) is 0 Å². The number of hydrogen-bond acceptors (Lipinski definition) is 9. The van der Waals surface area contributed by atoms with Crippen LogP contribution in [0.5, 0.6) is 0 Å². The second-order valence-electron chi connectivity index (χ2n) is 6.38. The van der Waals surface area contributed by atoms with Crippen LogP contribution in [-0.2, 0) is 4.74 Å². The fourth-order valence-corrected chi connectivity index (χ4v) is 2.99. The number of ether oxygens (including phenoxy) is 1. The van der Waals surface area contributed by atoms with Crippen LogP contribution in [0.15, 0.2) is 24.3 Å². The van der Waals surface area contributed by atoms with Crippen LogP contribution < -0.4 is 5.32 Å². The first kappa shape index (κ1) is 18.7. The number of fused-ring (bicyclic) bond motifs is 1. The van der Waals surface area contributed by atoms with E-state index < -0.39 is 31.1 Å². The quantitative estimate of drug-likeness (QED) is 0.414. The SMILES string of the molecule is CC(=C[C@@H](C)Nc1ncnc2c1ncn2[C@@H]1O[C@H](CO)[C@@H](O)[C@H]1O)CO. The van der Waals surface area contributed by atoms with Crippen molar-refractivity contribution in [1.82, 2.24) is 19.5 Å². The largest absolute Gasteiger partial charge is 0.394 e. The van der Waals surface area contributed by atoms with Crippen molar-refractivity contribution in [1.29, 1.82) is 0 Å². The minimum atomic E-state index is -1.22. The van der Waals surface area contributed by atoms with Crippen LogP contribution in [0.3, 0.4) is 0 Å². The van der Waals surface area contributed by atoms with Gasteiger partial charge in [0, 0.05) is 6.04 Å². The summed E-state index contributed by atoms with van der Waals surface area (Å²) in [5.41, 5.74) is 1.73. The molecule has 2 aromatic rings. The molecule has 5 atom stereocenters. The van der Waals surface area contributed by atoms with Crippen LogP contribution in [0.1, 0.15) is 20.1 Å². The van der Waals surface area contributed by atoms with Crippen molar-refractivity contribution in [3.63, 3.8) is 0 Å². The van der Waals surface area contributed by atoms with Gasteiger partial charge in [-0.25, -0.2) is 15.0 Å². The van der Waals surface area contributed by atoms with E-state index in [9.17, 15) is 15.3 Å². The fourth-order valence-electron chi connectivity index (χ4n) is 2.99. The van der Waals surface area contributed by atoms with Crippen LogP contribution in [-0.4, -0.2) is 77.5 Å². The summed E-state index contributed by atoms with van der Waals surface area (Å²) in [7, 11) is 0. The number of nitrogens with one attached hydrogen (secondary N) is 1. The standard InChI is InChI=1S/C16H23N5O5/c1-8(4-22)3-9(2)20-14-11-15(18-6-17-14)21(7-19-11)16-13(25)12(24)10(5-23)26-16/h3,6-7,9-10,12-13,16,22-25H,4-5H2,1-2H3,(H,17,18,20)/t9-,10-,12-,13-,16-/m1/s1. The number of hydrogen-bond donors (Lipinski definition) is 5. The van der Waals surface area contributed by atoms with Gasteiger partial charge in [-0.3, -0.25) is 4.57 Å². The molecule has 10 nitrogen and oxygen atoms in total. The third-order valence-corrected chi connectivity index (χ3v) is 4.30. The molecule has 0 saturated carbocycles. The van der Waals surface area contributed by atoms with E-state index in [1.165, 1.54) is 17.2 Å². The van der Waals surface area contributed by atoms with Crippen molar-refractivity contribution in [2.75, 3.05) is 18.5 Å². The van der Waals surface area contributed by atoms with Crippen LogP contribution in [0.4, 0.5) is 5.82 Å². The van der Waals surface area contributed by atoms with Crippen LogP contribution in [0.25, 0.3) is 11.2 Å². The summed E-state index contributed by atoms with van der Waals surface area (Å²) in [5.74, 6) is 0.495. The maximum atomic E-state index is 10.2. The lowest BCUT2D eigenvalue weighted by atomic mass is 10.1. The summed E-state index contributed by atoms with van der Waals surface area (Å²) in [4.78, 5) is 12.7. The highest BCUT2D eigenvalue weighted by molar-refractivity contribution is 5.82. The lowest BCUT2D eigenvalue weighted by Crippen LogP contribution is -2.33. The molecule has 1 saturated heterocycles. The average Bonchev–Trinajstić information content (AvgIpc) is 3.17. The summed E-state index contributed by atoms with van der Waals surface area (Å²) in [6.45, 7) is 3.31. The topological polar surface area (TPSA) is 146 Å². The van der Waals surface area contributed by atoms with Gasteiger partial charge in [-0.2, -0.15) is 0 Å². The molecule has 3 heterocycles. The smallest absolute Gasteiger partial charge is 0.167 e. The van der Waals surface area contributed by atoms with Gasteiger partial charge in [0.2, 0.25) is 0 Å². The average molecular weight is 365 g/mol. The number of aliphatic hydroxyl groups excluding tert-OH is 4. The van der Waals surface area contributed by atoms with Crippen molar-refractivity contribution in [3.05, 3.63) is 24.3 Å². The zero-order valence-electron chi connectivity index (χ0n) is 14.5. The zero-order chi connectivity index (χ0) is 18.8. The molecule has 26 heavy (non-hydrogen) atoms. The van der Waals surface area contributed by atoms with E-state index in [-0.39, 0.29) is 12.6 Å². The van der Waals surface area contributed by atoms with Gasteiger partial charge in [-0.05, 0) is 13.8 Å². The Morgan fingerprint density at radius 3 is 2.73 bits per heavy atom. The second-order valence-corrected chi connectivity index (χ2v) is 6.38. The lowest BCUT2D eigenvalue weighted by molar-refractivity contribution is -0.0511. The molecule has 2 aromatic heterocycles. The Balaban J connectivity index is 1.90. The number of aliphatic hydroxyl groups is 4. The lowest BCUT2D eigenvalue weighted by Gasteiger charge is -2.16. The van der Waals surface area contributed by atoms with Crippen molar-refractivity contribution in [2.45, 2.75) is 44.4 Å². The number of imidazole rings is 1. The first-order valence-corrected chi connectivity index (χ1v) is 8.31. The van der Waals surface area contributed by atoms with Crippen LogP contribution in [0, 0.1) is 0 Å². The minimum Gasteiger partial charge on any atom is -0.394 e. The Hall–Kier alpha value is -2.11. The second kappa shape index (κ2) is 7.64. The molecule has 1 fully saturated rings. The first-order chi connectivity index (χ1) is 12.5. The molecule has 3 rings (SSSR count). The molecule has 5 N–H and O–H groups in total. The molecule has 142 valence electrons. The third-order valence-electron chi connectivity index (χ3n) is 4.30. The Morgan fingerprint density at radius 2 is 2.08 bits per heavy atom. The van der Waals surface area contributed by atoms with E-state index in [0.717, 1.165) is 5.57 Å². The molecule has 0 amide bonds. The highest BCUT2D eigenvalue weighted by atomic mass is 16.6. The van der Waals surface area contributed by atoms with Gasteiger partial charge in [-0.1, -0.05) is 11.6 Å². The molecular formula is C16H23N5O5. The van der Waals surface area contributed by atoms with Gasteiger partial charge in [0.05, 0.1) is 19.5 Å². The van der Waals surface area contributed by atoms with E-state index >= 15 is 0 Å². The first-order valence-electron chi connectivity index (χ1n) is 8.31. The van der Waals surface area contributed by atoms with Gasteiger partial charge in [0.25, 0.3) is 0 Å². The van der Waals surface area contributed by atoms with E-state index in [4.69, 9.17) is 9.84 Å². The Kier molecular flexibility index (Phi) is 5.49. The van der Waals surface area contributed by atoms with Gasteiger partial charge < -0.3 is 30.5 Å². The summed E-state index contributed by atoms with van der Waals surface area (Å²) < 4.78 is 7.04. The fraction of sp³-hybridized carbons (Fsp3) is 0.562. The number of anilines is 1. The highest BCUT2D eigenvalue weighted by Crippen LogP contribution is 2.32. The molecule has 1 aliphatic rings. The van der Waals surface area contributed by atoms with Crippen LogP contribution in [0.2, 0.25) is 0 Å². The summed E-state index contributed by atoms with van der Waals surface area (Å²) >= 11 is 0. The van der Waals surface area contributed by atoms with Crippen LogP contribution >= 0.6 is 0 Å². The van der Waals surface area contributed by atoms with Gasteiger partial charge >= 0.3 is 0 Å². The molecule has 10 heteroatoms. The molecule has 0 spiro atoms. The Morgan fingerprint density at radius 1 is 1.31 bits per heavy atom. The van der Waals surface area contributed by atoms with E-state index in [0.29, 0.717) is 17.0 Å². The Labute approximate surface area is 149 Å². The molecule has 1 aliphatic heterocycles. The normalized spacial score (nSPS) is 27.8. The maximum Gasteiger partial charge on any atom is 0.167 e. The number of rotatable bonds is 6. The molecule has 0 unspecified atom stereocenters. The molecular weight excluding hydrogens is 342 g/mol. The van der Waals surface area contributed by atoms with Gasteiger partial charge in [0.1, 0.15) is 24.6 Å². The van der Waals surface area contributed by atoms with Crippen molar-refractivity contribution in [2.24, 2.45) is 0 Å². The van der Waals surface area contributed by atoms with E-state index in [1.54, 1.807) is 0 Å². The number of nitrogens with zero attached hydrogens (tertiary/aromatic N) is 4. The molecule has 0 radical (unpaired) electrons. The molecule has 0 bridgehead atoms. The van der Waals surface area contributed by atoms with E-state index in [1.807, 2.05) is 19.9 Å². The minimum absolute atomic E-state index is 0.0227. The Bertz CT molecular complexity index is 794. The summed E-state index contributed by atoms with van der Waals surface area (Å²) in [5, 5.41) is 41.7. The number of aromatic nitrogens is 4. The monoisotopic (exact) mass is 365 g/mol. The van der Waals surface area contributed by atoms with Gasteiger partial charge in [-0.15, -0.1) is 0 Å². The predicted molar refractivity (Wildman–Crippen MR) is 92.3 cm³/mol. The van der Waals surface area contributed by atoms with Gasteiger partial charge in [0.15, 0.2) is 23.2 Å². The summed E-state index contributed by atoms with van der Waals surface area (Å²) in [6.07, 6.45) is 0.474.